The van der Waals surface area contributed by atoms with E-state index in [2.05, 4.69) is 10.9 Å². The van der Waals surface area contributed by atoms with Crippen LogP contribution in [0.4, 0.5) is 4.39 Å². The second-order valence-electron chi connectivity index (χ2n) is 6.10. The highest BCUT2D eigenvalue weighted by Gasteiger charge is 2.16. The van der Waals surface area contributed by atoms with E-state index in [9.17, 15) is 14.0 Å². The fourth-order valence-electron chi connectivity index (χ4n) is 2.51. The van der Waals surface area contributed by atoms with Gasteiger partial charge < -0.3 is 4.74 Å². The molecule has 0 fully saturated rings. The summed E-state index contributed by atoms with van der Waals surface area (Å²) in [5.74, 6) is -1.01. The molecule has 0 heterocycles. The maximum atomic E-state index is 12.9. The summed E-state index contributed by atoms with van der Waals surface area (Å²) in [6.07, 6.45) is -0.869. The minimum absolute atomic E-state index is 0.354. The van der Waals surface area contributed by atoms with Gasteiger partial charge in [0.25, 0.3) is 11.8 Å². The number of amides is 2. The van der Waals surface area contributed by atoms with E-state index in [1.54, 1.807) is 12.1 Å². The first-order chi connectivity index (χ1) is 13.5. The Labute approximate surface area is 162 Å². The Bertz CT molecular complexity index is 942. The molecule has 0 unspecified atom stereocenters. The van der Waals surface area contributed by atoms with Gasteiger partial charge in [0.15, 0.2) is 6.10 Å². The fraction of sp³-hybridized carbons (Fsp3) is 0.0909. The molecule has 0 radical (unpaired) electrons. The van der Waals surface area contributed by atoms with E-state index in [4.69, 9.17) is 4.74 Å². The van der Waals surface area contributed by atoms with E-state index < -0.39 is 23.7 Å². The molecule has 0 bridgehead atoms. The molecular weight excluding hydrogens is 359 g/mol. The molecule has 3 rings (SSSR count). The Morgan fingerprint density at radius 1 is 0.821 bits per heavy atom. The van der Waals surface area contributed by atoms with E-state index >= 15 is 0 Å². The van der Waals surface area contributed by atoms with Crippen LogP contribution in [0.2, 0.25) is 0 Å². The van der Waals surface area contributed by atoms with Crippen LogP contribution in [0.15, 0.2) is 78.9 Å². The van der Waals surface area contributed by atoms with Crippen molar-refractivity contribution in [2.75, 3.05) is 0 Å². The van der Waals surface area contributed by atoms with Crippen LogP contribution in [0.25, 0.3) is 11.1 Å². The van der Waals surface area contributed by atoms with Crippen LogP contribution in [0.5, 0.6) is 5.75 Å². The van der Waals surface area contributed by atoms with Crippen molar-refractivity contribution in [2.24, 2.45) is 0 Å². The molecule has 3 aromatic rings. The van der Waals surface area contributed by atoms with Gasteiger partial charge in [-0.3, -0.25) is 20.4 Å². The largest absolute Gasteiger partial charge is 0.481 e. The van der Waals surface area contributed by atoms with Crippen molar-refractivity contribution in [2.45, 2.75) is 13.0 Å². The Balaban J connectivity index is 1.53. The highest BCUT2D eigenvalue weighted by Crippen LogP contribution is 2.19. The van der Waals surface area contributed by atoms with Gasteiger partial charge in [0.05, 0.1) is 0 Å². The Morgan fingerprint density at radius 3 is 2.07 bits per heavy atom. The molecule has 5 nitrogen and oxygen atoms in total. The summed E-state index contributed by atoms with van der Waals surface area (Å²) < 4.78 is 18.3. The Morgan fingerprint density at radius 2 is 1.43 bits per heavy atom. The number of benzene rings is 3. The average Bonchev–Trinajstić information content (AvgIpc) is 2.74. The summed E-state index contributed by atoms with van der Waals surface area (Å²) in [6, 6.07) is 22.2. The number of halogens is 1. The predicted molar refractivity (Wildman–Crippen MR) is 104 cm³/mol. The number of ether oxygens (including phenoxy) is 1. The molecule has 2 amide bonds. The minimum atomic E-state index is -0.869. The lowest BCUT2D eigenvalue weighted by Crippen LogP contribution is -2.47. The second kappa shape index (κ2) is 8.81. The summed E-state index contributed by atoms with van der Waals surface area (Å²) in [4.78, 5) is 24.3. The lowest BCUT2D eigenvalue weighted by atomic mass is 10.0. The Hall–Kier alpha value is -3.67. The van der Waals surface area contributed by atoms with Gasteiger partial charge >= 0.3 is 0 Å². The number of carbonyl (C=O) groups excluding carboxylic acids is 2. The summed E-state index contributed by atoms with van der Waals surface area (Å²) >= 11 is 0. The summed E-state index contributed by atoms with van der Waals surface area (Å²) in [5.41, 5.74) is 7.12. The summed E-state index contributed by atoms with van der Waals surface area (Å²) in [5, 5.41) is 0. The van der Waals surface area contributed by atoms with E-state index in [0.717, 1.165) is 11.1 Å². The molecule has 0 aliphatic heterocycles. The molecule has 0 saturated carbocycles. The number of hydrazine groups is 1. The first kappa shape index (κ1) is 19.1. The zero-order valence-electron chi connectivity index (χ0n) is 15.2. The maximum absolute atomic E-state index is 12.9. The zero-order valence-corrected chi connectivity index (χ0v) is 15.2. The normalized spacial score (nSPS) is 11.4. The van der Waals surface area contributed by atoms with Crippen molar-refractivity contribution >= 4 is 11.8 Å². The fourth-order valence-corrected chi connectivity index (χ4v) is 2.51. The van der Waals surface area contributed by atoms with Gasteiger partial charge in [-0.15, -0.1) is 0 Å². The van der Waals surface area contributed by atoms with Crippen LogP contribution in [0, 0.1) is 5.82 Å². The molecule has 0 aliphatic rings. The molecule has 1 atom stereocenters. The molecule has 28 heavy (non-hydrogen) atoms. The molecule has 0 saturated heterocycles. The smallest absolute Gasteiger partial charge is 0.279 e. The van der Waals surface area contributed by atoms with E-state index in [1.165, 1.54) is 31.2 Å². The van der Waals surface area contributed by atoms with Crippen LogP contribution in [0.3, 0.4) is 0 Å². The second-order valence-corrected chi connectivity index (χ2v) is 6.10. The third-order valence-corrected chi connectivity index (χ3v) is 4.05. The standard InChI is InChI=1S/C22H19FN2O3/c1-15(28-20-13-11-19(23)12-14-20)21(26)24-25-22(27)18-9-7-17(8-10-18)16-5-3-2-4-6-16/h2-15H,1H3,(H,24,26)(H,25,27)/t15-/m0/s1. The molecule has 142 valence electrons. The van der Waals surface area contributed by atoms with Gasteiger partial charge in [-0.25, -0.2) is 4.39 Å². The van der Waals surface area contributed by atoms with Gasteiger partial charge in [-0.1, -0.05) is 42.5 Å². The first-order valence-corrected chi connectivity index (χ1v) is 8.71. The van der Waals surface area contributed by atoms with Crippen LogP contribution < -0.4 is 15.6 Å². The molecule has 6 heteroatoms. The van der Waals surface area contributed by atoms with Crippen molar-refractivity contribution in [1.82, 2.24) is 10.9 Å². The van der Waals surface area contributed by atoms with Gasteiger partial charge in [0, 0.05) is 5.56 Å². The number of carbonyl (C=O) groups is 2. The van der Waals surface area contributed by atoms with Crippen LogP contribution in [-0.2, 0) is 4.79 Å². The van der Waals surface area contributed by atoms with E-state index in [0.29, 0.717) is 11.3 Å². The first-order valence-electron chi connectivity index (χ1n) is 8.71. The van der Waals surface area contributed by atoms with Crippen molar-refractivity contribution in [1.29, 1.82) is 0 Å². The van der Waals surface area contributed by atoms with Crippen molar-refractivity contribution in [3.8, 4) is 16.9 Å². The van der Waals surface area contributed by atoms with Crippen molar-refractivity contribution in [3.05, 3.63) is 90.2 Å². The van der Waals surface area contributed by atoms with Gasteiger partial charge in [0.1, 0.15) is 11.6 Å². The molecule has 2 N–H and O–H groups in total. The van der Waals surface area contributed by atoms with Crippen molar-refractivity contribution in [3.63, 3.8) is 0 Å². The summed E-state index contributed by atoms with van der Waals surface area (Å²) in [6.45, 7) is 1.53. The van der Waals surface area contributed by atoms with Crippen LogP contribution in [0.1, 0.15) is 17.3 Å². The monoisotopic (exact) mass is 378 g/mol. The Kier molecular flexibility index (Phi) is 6.01. The predicted octanol–water partition coefficient (Wildman–Crippen LogP) is 3.72. The molecule has 3 aromatic carbocycles. The highest BCUT2D eigenvalue weighted by atomic mass is 19.1. The zero-order chi connectivity index (χ0) is 19.9. The van der Waals surface area contributed by atoms with Gasteiger partial charge in [-0.05, 0) is 54.4 Å². The van der Waals surface area contributed by atoms with Crippen LogP contribution >= 0.6 is 0 Å². The lowest BCUT2D eigenvalue weighted by Gasteiger charge is -2.15. The number of nitrogens with one attached hydrogen (secondary N) is 2. The highest BCUT2D eigenvalue weighted by molar-refractivity contribution is 5.96. The van der Waals surface area contributed by atoms with E-state index in [-0.39, 0.29) is 0 Å². The van der Waals surface area contributed by atoms with Gasteiger partial charge in [0.2, 0.25) is 0 Å². The summed E-state index contributed by atoms with van der Waals surface area (Å²) in [7, 11) is 0. The van der Waals surface area contributed by atoms with Gasteiger partial charge in [-0.2, -0.15) is 0 Å². The molecule has 0 spiro atoms. The molecule has 0 aliphatic carbocycles. The van der Waals surface area contributed by atoms with Crippen molar-refractivity contribution < 1.29 is 18.7 Å². The topological polar surface area (TPSA) is 67.4 Å². The third-order valence-electron chi connectivity index (χ3n) is 4.05. The lowest BCUT2D eigenvalue weighted by molar-refractivity contribution is -0.128. The van der Waals surface area contributed by atoms with Crippen LogP contribution in [-0.4, -0.2) is 17.9 Å². The number of rotatable bonds is 5. The quantitative estimate of drug-likeness (QED) is 0.665. The average molecular weight is 378 g/mol. The molecule has 0 aromatic heterocycles. The maximum Gasteiger partial charge on any atom is 0.279 e. The molecular formula is C22H19FN2O3. The third kappa shape index (κ3) is 4.94. The number of hydrogen-bond donors (Lipinski definition) is 2. The van der Waals surface area contributed by atoms with E-state index in [1.807, 2.05) is 42.5 Å². The SMILES string of the molecule is C[C@H](Oc1ccc(F)cc1)C(=O)NNC(=O)c1ccc(-c2ccccc2)cc1. The minimum Gasteiger partial charge on any atom is -0.481 e. The number of hydrogen-bond acceptors (Lipinski definition) is 3.